The minimum atomic E-state index is -0.340. The van der Waals surface area contributed by atoms with Crippen LogP contribution in [0.1, 0.15) is 51.4 Å². The summed E-state index contributed by atoms with van der Waals surface area (Å²) in [5.41, 5.74) is 14.8. The first kappa shape index (κ1) is 35.0. The lowest BCUT2D eigenvalue weighted by Gasteiger charge is -2.21. The molecule has 6 aliphatic rings. The van der Waals surface area contributed by atoms with E-state index in [2.05, 4.69) is 32.7 Å². The lowest BCUT2D eigenvalue weighted by Crippen LogP contribution is -2.33. The van der Waals surface area contributed by atoms with Crippen LogP contribution in [-0.4, -0.2) is 58.3 Å². The monoisotopic (exact) mass is 754 g/mol. The van der Waals surface area contributed by atoms with E-state index in [1.165, 1.54) is 0 Å². The van der Waals surface area contributed by atoms with Gasteiger partial charge in [-0.05, 0) is 98.5 Å². The van der Waals surface area contributed by atoms with Crippen LogP contribution in [0.4, 0.5) is 44.0 Å². The van der Waals surface area contributed by atoms with Gasteiger partial charge in [0, 0.05) is 34.5 Å². The Bertz CT molecular complexity index is 2260. The van der Waals surface area contributed by atoms with Crippen molar-refractivity contribution in [2.45, 2.75) is 75.7 Å². The molecule has 4 aliphatic carbocycles. The number of hydrogen-bond acceptors (Lipinski definition) is 12. The fourth-order valence-corrected chi connectivity index (χ4v) is 8.56. The Morgan fingerprint density at radius 1 is 0.679 bits per heavy atom. The van der Waals surface area contributed by atoms with Crippen LogP contribution < -0.4 is 31.9 Å². The summed E-state index contributed by atoms with van der Waals surface area (Å²) in [7, 11) is 0. The minimum Gasteiger partial charge on any atom is -0.444 e. The molecule has 0 radical (unpaired) electrons. The first-order valence-electron chi connectivity index (χ1n) is 18.9. The van der Waals surface area contributed by atoms with Crippen molar-refractivity contribution >= 4 is 79.9 Å². The van der Waals surface area contributed by atoms with Gasteiger partial charge in [0.15, 0.2) is 0 Å². The average Bonchev–Trinajstić information content (AvgIpc) is 3.96. The molecule has 284 valence electrons. The molecule has 8 atom stereocenters. The zero-order chi connectivity index (χ0) is 38.8. The quantitative estimate of drug-likeness (QED) is 0.176. The largest absolute Gasteiger partial charge is 0.444 e. The van der Waals surface area contributed by atoms with Gasteiger partial charge in [0.2, 0.25) is 11.8 Å². The van der Waals surface area contributed by atoms with E-state index in [9.17, 15) is 19.2 Å². The summed E-state index contributed by atoms with van der Waals surface area (Å²) in [6.07, 6.45) is 9.28. The van der Waals surface area contributed by atoms with E-state index >= 15 is 0 Å². The van der Waals surface area contributed by atoms with Crippen LogP contribution in [0.15, 0.2) is 48.8 Å². The van der Waals surface area contributed by atoms with Crippen molar-refractivity contribution in [1.82, 2.24) is 9.97 Å². The van der Waals surface area contributed by atoms with Gasteiger partial charge in [0.25, 0.3) is 0 Å². The molecule has 0 bridgehead atoms. The number of nitriles is 2. The summed E-state index contributed by atoms with van der Waals surface area (Å²) in [4.78, 5) is 61.0. The van der Waals surface area contributed by atoms with Gasteiger partial charge in [-0.15, -0.1) is 0 Å². The number of carbonyl (C=O) groups is 4. The molecule has 4 unspecified atom stereocenters. The lowest BCUT2D eigenvalue weighted by atomic mass is 10.1. The summed E-state index contributed by atoms with van der Waals surface area (Å²) in [5.74, 6) is -0.527. The second-order valence-electron chi connectivity index (χ2n) is 15.4. The average molecular weight is 755 g/mol. The number of amides is 4. The van der Waals surface area contributed by atoms with Gasteiger partial charge in [-0.2, -0.15) is 10.5 Å². The van der Waals surface area contributed by atoms with Crippen molar-refractivity contribution < 1.29 is 28.7 Å². The van der Waals surface area contributed by atoms with Crippen LogP contribution >= 0.6 is 0 Å². The Kier molecular flexibility index (Phi) is 8.49. The fourth-order valence-electron chi connectivity index (χ4n) is 8.56. The van der Waals surface area contributed by atoms with E-state index in [1.54, 1.807) is 46.5 Å². The molecule has 4 saturated carbocycles. The predicted octanol–water partition coefficient (Wildman–Crippen LogP) is 5.59. The molecule has 56 heavy (non-hydrogen) atoms. The molecule has 4 heterocycles. The lowest BCUT2D eigenvalue weighted by molar-refractivity contribution is -0.118. The van der Waals surface area contributed by atoms with Crippen molar-refractivity contribution in [1.29, 1.82) is 10.5 Å². The molecule has 4 amide bonds. The molecule has 16 heteroatoms. The highest BCUT2D eigenvalue weighted by molar-refractivity contribution is 6.03. The Balaban J connectivity index is 0.000000146. The number of hydrogen-bond donors (Lipinski definition) is 4. The molecule has 2 aromatic heterocycles. The zero-order valence-corrected chi connectivity index (χ0v) is 30.2. The van der Waals surface area contributed by atoms with Gasteiger partial charge in [-0.25, -0.2) is 19.6 Å². The number of pyridine rings is 2. The molecular formula is C40H38N10O6. The molecule has 10 rings (SSSR count). The van der Waals surface area contributed by atoms with Crippen LogP contribution in [0.5, 0.6) is 0 Å². The highest BCUT2D eigenvalue weighted by atomic mass is 16.6. The Hall–Kier alpha value is -6.68. The van der Waals surface area contributed by atoms with E-state index in [1.807, 2.05) is 12.1 Å². The van der Waals surface area contributed by atoms with Crippen molar-refractivity contribution in [2.24, 2.45) is 23.7 Å². The number of nitrogens with one attached hydrogen (secondary N) is 2. The van der Waals surface area contributed by atoms with Crippen LogP contribution in [0.25, 0.3) is 21.5 Å². The molecule has 16 nitrogen and oxygen atoms in total. The number of anilines is 6. The molecule has 2 aromatic carbocycles. The van der Waals surface area contributed by atoms with Gasteiger partial charge >= 0.3 is 12.2 Å². The summed E-state index contributed by atoms with van der Waals surface area (Å²) in [6, 6.07) is 15.1. The maximum absolute atomic E-state index is 12.4. The molecule has 6 fully saturated rings. The Morgan fingerprint density at radius 3 is 1.50 bits per heavy atom. The summed E-state index contributed by atoms with van der Waals surface area (Å²) < 4.78 is 11.0. The zero-order valence-electron chi connectivity index (χ0n) is 30.2. The summed E-state index contributed by atoms with van der Waals surface area (Å²) in [5, 5.41) is 26.4. The maximum Gasteiger partial charge on any atom is 0.415 e. The first-order valence-corrected chi connectivity index (χ1v) is 18.9. The molecule has 0 spiro atoms. The normalized spacial score (nSPS) is 28.0. The second-order valence-corrected chi connectivity index (χ2v) is 15.4. The SMILES string of the molecule is N#C[C@@H]1C[C@H]1C(=O)Nc1cc2cc(N3C(=O)OC4CCCC43)cc(N)c2cn1.N#C[C@H]1C[C@@H]1C(=O)Nc1cc2cc(N3C(=O)OC4CCCC43)cc(N)c2cn1. The first-order chi connectivity index (χ1) is 27.1. The number of aromatic nitrogens is 2. The van der Waals surface area contributed by atoms with Crippen LogP contribution in [-0.2, 0) is 19.1 Å². The van der Waals surface area contributed by atoms with Gasteiger partial charge in [0.1, 0.15) is 23.8 Å². The van der Waals surface area contributed by atoms with E-state index < -0.39 is 0 Å². The van der Waals surface area contributed by atoms with Crippen LogP contribution in [0, 0.1) is 46.3 Å². The van der Waals surface area contributed by atoms with Gasteiger partial charge < -0.3 is 31.6 Å². The third-order valence-electron chi connectivity index (χ3n) is 11.7. The molecule has 2 aliphatic heterocycles. The predicted molar refractivity (Wildman–Crippen MR) is 205 cm³/mol. The molecule has 2 saturated heterocycles. The second kappa shape index (κ2) is 13.6. The molecule has 6 N–H and O–H groups in total. The van der Waals surface area contributed by atoms with E-state index in [0.717, 1.165) is 60.1 Å². The molecule has 4 aromatic rings. The molecular weight excluding hydrogens is 717 g/mol. The van der Waals surface area contributed by atoms with Gasteiger partial charge in [-0.1, -0.05) is 0 Å². The van der Waals surface area contributed by atoms with Crippen molar-refractivity contribution in [2.75, 3.05) is 31.9 Å². The highest BCUT2D eigenvalue weighted by Crippen LogP contribution is 2.42. The number of nitrogens with zero attached hydrogens (tertiary/aromatic N) is 6. The highest BCUT2D eigenvalue weighted by Gasteiger charge is 2.47. The van der Waals surface area contributed by atoms with Crippen molar-refractivity contribution in [3.63, 3.8) is 0 Å². The fraction of sp³-hybridized carbons (Fsp3) is 0.400. The maximum atomic E-state index is 12.4. The number of nitrogen functional groups attached to an aromatic ring is 2. The van der Waals surface area contributed by atoms with Gasteiger partial charge in [-0.3, -0.25) is 19.4 Å². The number of benzene rings is 2. The minimum absolute atomic E-state index is 0.0446. The topological polar surface area (TPSA) is 243 Å². The van der Waals surface area contributed by atoms with Gasteiger partial charge in [0.05, 0.1) is 59.3 Å². The van der Waals surface area contributed by atoms with E-state index in [0.29, 0.717) is 47.2 Å². The van der Waals surface area contributed by atoms with E-state index in [-0.39, 0.29) is 72.0 Å². The smallest absolute Gasteiger partial charge is 0.415 e. The Morgan fingerprint density at radius 2 is 1.11 bits per heavy atom. The number of carbonyl (C=O) groups excluding carboxylic acids is 4. The third-order valence-corrected chi connectivity index (χ3v) is 11.7. The summed E-state index contributed by atoms with van der Waals surface area (Å²) >= 11 is 0. The third kappa shape index (κ3) is 6.26. The standard InChI is InChI=1S/2C20H19N5O3/c2*21-8-11-5-13(11)19(26)24-18-6-10-4-12(7-15(22)14(10)9-23-18)25-16-2-1-3-17(16)28-20(25)27/h2*4,6-7,9,11,13,16-17H,1-3,5,22H2,(H,23,24,26)/t2*11-,13+,16?,17?/m10/s1. The Labute approximate surface area is 320 Å². The summed E-state index contributed by atoms with van der Waals surface area (Å²) in [6.45, 7) is 0. The number of rotatable bonds is 6. The number of nitrogens with two attached hydrogens (primary N) is 2. The number of ether oxygens (including phenoxy) is 2. The van der Waals surface area contributed by atoms with Crippen molar-refractivity contribution in [3.8, 4) is 12.1 Å². The number of fused-ring (bicyclic) bond motifs is 4. The van der Waals surface area contributed by atoms with Crippen LogP contribution in [0.3, 0.4) is 0 Å². The van der Waals surface area contributed by atoms with E-state index in [4.69, 9.17) is 31.5 Å². The van der Waals surface area contributed by atoms with Crippen molar-refractivity contribution in [3.05, 3.63) is 48.8 Å². The van der Waals surface area contributed by atoms with Crippen LogP contribution in [0.2, 0.25) is 0 Å².